The standard InChI is InChI=1S/C10H13FO2/c11-6-3-7-13-10-5-2-1-4-9(10)8-12/h1-2,4-5,12H,3,6-8H2. The van der Waals surface area contributed by atoms with Gasteiger partial charge in [-0.25, -0.2) is 0 Å². The Morgan fingerprint density at radius 1 is 1.31 bits per heavy atom. The maximum Gasteiger partial charge on any atom is 0.124 e. The molecule has 1 N–H and O–H groups in total. The zero-order valence-corrected chi connectivity index (χ0v) is 7.37. The lowest BCUT2D eigenvalue weighted by Gasteiger charge is -2.08. The molecule has 0 saturated carbocycles. The molecule has 0 aliphatic heterocycles. The molecule has 0 heterocycles. The Morgan fingerprint density at radius 2 is 2.08 bits per heavy atom. The van der Waals surface area contributed by atoms with Gasteiger partial charge in [0.25, 0.3) is 0 Å². The van der Waals surface area contributed by atoms with E-state index in [4.69, 9.17) is 9.84 Å². The van der Waals surface area contributed by atoms with E-state index in [0.717, 1.165) is 5.56 Å². The average Bonchev–Trinajstić information content (AvgIpc) is 2.19. The third kappa shape index (κ3) is 3.03. The number of hydrogen-bond acceptors (Lipinski definition) is 2. The van der Waals surface area contributed by atoms with Gasteiger partial charge in [0.1, 0.15) is 5.75 Å². The predicted octanol–water partition coefficient (Wildman–Crippen LogP) is 1.92. The molecule has 3 heteroatoms. The van der Waals surface area contributed by atoms with E-state index < -0.39 is 0 Å². The molecule has 0 aliphatic rings. The van der Waals surface area contributed by atoms with Crippen molar-refractivity contribution in [2.45, 2.75) is 13.0 Å². The summed E-state index contributed by atoms with van der Waals surface area (Å²) in [5, 5.41) is 8.92. The number of benzene rings is 1. The molecule has 0 atom stereocenters. The minimum absolute atomic E-state index is 0.0498. The van der Waals surface area contributed by atoms with Crippen molar-refractivity contribution in [1.29, 1.82) is 0 Å². The van der Waals surface area contributed by atoms with Crippen LogP contribution >= 0.6 is 0 Å². The largest absolute Gasteiger partial charge is 0.493 e. The minimum atomic E-state index is -0.374. The Balaban J connectivity index is 2.54. The van der Waals surface area contributed by atoms with Gasteiger partial charge in [-0.3, -0.25) is 4.39 Å². The van der Waals surface area contributed by atoms with E-state index in [1.807, 2.05) is 12.1 Å². The number of para-hydroxylation sites is 1. The van der Waals surface area contributed by atoms with Crippen molar-refractivity contribution in [3.63, 3.8) is 0 Å². The highest BCUT2D eigenvalue weighted by Crippen LogP contribution is 2.17. The van der Waals surface area contributed by atoms with Gasteiger partial charge in [-0.1, -0.05) is 18.2 Å². The highest BCUT2D eigenvalue weighted by molar-refractivity contribution is 5.32. The summed E-state index contributed by atoms with van der Waals surface area (Å²) in [6.45, 7) is -0.0688. The first-order chi connectivity index (χ1) is 6.38. The molecule has 13 heavy (non-hydrogen) atoms. The topological polar surface area (TPSA) is 29.5 Å². The number of rotatable bonds is 5. The van der Waals surface area contributed by atoms with Gasteiger partial charge in [-0.2, -0.15) is 0 Å². The molecule has 0 saturated heterocycles. The fraction of sp³-hybridized carbons (Fsp3) is 0.400. The van der Waals surface area contributed by atoms with Crippen LogP contribution in [0.3, 0.4) is 0 Å². The van der Waals surface area contributed by atoms with E-state index in [-0.39, 0.29) is 13.3 Å². The number of halogens is 1. The fourth-order valence-corrected chi connectivity index (χ4v) is 1.01. The van der Waals surface area contributed by atoms with Crippen LogP contribution in [0.4, 0.5) is 4.39 Å². The van der Waals surface area contributed by atoms with Gasteiger partial charge >= 0.3 is 0 Å². The number of alkyl halides is 1. The third-order valence-electron chi connectivity index (χ3n) is 1.68. The summed E-state index contributed by atoms with van der Waals surface area (Å²) in [4.78, 5) is 0. The van der Waals surface area contributed by atoms with Gasteiger partial charge in [0.2, 0.25) is 0 Å². The fourth-order valence-electron chi connectivity index (χ4n) is 1.01. The van der Waals surface area contributed by atoms with Crippen molar-refractivity contribution in [3.05, 3.63) is 29.8 Å². The van der Waals surface area contributed by atoms with Crippen LogP contribution in [0.2, 0.25) is 0 Å². The smallest absolute Gasteiger partial charge is 0.124 e. The molecule has 1 aromatic rings. The Hall–Kier alpha value is -1.09. The molecule has 0 radical (unpaired) electrons. The molecule has 72 valence electrons. The molecule has 0 unspecified atom stereocenters. The van der Waals surface area contributed by atoms with Gasteiger partial charge in [-0.15, -0.1) is 0 Å². The molecule has 2 nitrogen and oxygen atoms in total. The molecule has 0 fully saturated rings. The Labute approximate surface area is 77.0 Å². The second-order valence-corrected chi connectivity index (χ2v) is 2.66. The summed E-state index contributed by atoms with van der Waals surface area (Å²) >= 11 is 0. The second kappa shape index (κ2) is 5.54. The molecule has 0 amide bonds. The van der Waals surface area contributed by atoms with Crippen LogP contribution in [0.15, 0.2) is 24.3 Å². The lowest BCUT2D eigenvalue weighted by atomic mass is 10.2. The molecular formula is C10H13FO2. The third-order valence-corrected chi connectivity index (χ3v) is 1.68. The number of aliphatic hydroxyl groups excluding tert-OH is 1. The Morgan fingerprint density at radius 3 is 2.77 bits per heavy atom. The Kier molecular flexibility index (Phi) is 4.26. The summed E-state index contributed by atoms with van der Waals surface area (Å²) in [5.74, 6) is 0.637. The second-order valence-electron chi connectivity index (χ2n) is 2.66. The molecule has 0 bridgehead atoms. The van der Waals surface area contributed by atoms with Crippen LogP contribution in [-0.4, -0.2) is 18.4 Å². The maximum atomic E-state index is 11.7. The molecular weight excluding hydrogens is 171 g/mol. The summed E-state index contributed by atoms with van der Waals surface area (Å²) in [7, 11) is 0. The first kappa shape index (κ1) is 9.99. The summed E-state index contributed by atoms with van der Waals surface area (Å²) in [6, 6.07) is 7.20. The highest BCUT2D eigenvalue weighted by Gasteiger charge is 2.00. The quantitative estimate of drug-likeness (QED) is 0.708. The lowest BCUT2D eigenvalue weighted by Crippen LogP contribution is -2.00. The average molecular weight is 184 g/mol. The van der Waals surface area contributed by atoms with Crippen LogP contribution < -0.4 is 4.74 Å². The van der Waals surface area contributed by atoms with Crippen molar-refractivity contribution in [1.82, 2.24) is 0 Å². The lowest BCUT2D eigenvalue weighted by molar-refractivity contribution is 0.256. The van der Waals surface area contributed by atoms with Gasteiger partial charge < -0.3 is 9.84 Å². The summed E-state index contributed by atoms with van der Waals surface area (Å²) < 4.78 is 17.0. The monoisotopic (exact) mass is 184 g/mol. The molecule has 0 aliphatic carbocycles. The van der Waals surface area contributed by atoms with E-state index in [0.29, 0.717) is 18.8 Å². The zero-order valence-electron chi connectivity index (χ0n) is 7.37. The van der Waals surface area contributed by atoms with Crippen molar-refractivity contribution in [2.75, 3.05) is 13.3 Å². The van der Waals surface area contributed by atoms with Crippen LogP contribution in [0.5, 0.6) is 5.75 Å². The van der Waals surface area contributed by atoms with E-state index in [2.05, 4.69) is 0 Å². The van der Waals surface area contributed by atoms with E-state index in [9.17, 15) is 4.39 Å². The first-order valence-electron chi connectivity index (χ1n) is 4.26. The maximum absolute atomic E-state index is 11.7. The molecule has 0 aromatic heterocycles. The Bertz CT molecular complexity index is 250. The number of aliphatic hydroxyl groups is 1. The zero-order chi connectivity index (χ0) is 9.52. The van der Waals surface area contributed by atoms with Crippen molar-refractivity contribution >= 4 is 0 Å². The molecule has 1 aromatic carbocycles. The van der Waals surface area contributed by atoms with Crippen LogP contribution in [0.1, 0.15) is 12.0 Å². The van der Waals surface area contributed by atoms with Crippen LogP contribution in [-0.2, 0) is 6.61 Å². The van der Waals surface area contributed by atoms with Crippen LogP contribution in [0.25, 0.3) is 0 Å². The van der Waals surface area contributed by atoms with Crippen molar-refractivity contribution < 1.29 is 14.2 Å². The predicted molar refractivity (Wildman–Crippen MR) is 48.5 cm³/mol. The molecule has 0 spiro atoms. The van der Waals surface area contributed by atoms with Crippen molar-refractivity contribution in [2.24, 2.45) is 0 Å². The minimum Gasteiger partial charge on any atom is -0.493 e. The SMILES string of the molecule is OCc1ccccc1OCCCF. The number of hydrogen-bond donors (Lipinski definition) is 1. The van der Waals surface area contributed by atoms with Crippen molar-refractivity contribution in [3.8, 4) is 5.75 Å². The number of ether oxygens (including phenoxy) is 1. The first-order valence-corrected chi connectivity index (χ1v) is 4.26. The van der Waals surface area contributed by atoms with E-state index >= 15 is 0 Å². The summed E-state index contributed by atoms with van der Waals surface area (Å²) in [5.41, 5.74) is 0.737. The van der Waals surface area contributed by atoms with Gasteiger partial charge in [0.05, 0.1) is 19.9 Å². The van der Waals surface area contributed by atoms with E-state index in [1.165, 1.54) is 0 Å². The highest BCUT2D eigenvalue weighted by atomic mass is 19.1. The van der Waals surface area contributed by atoms with Gasteiger partial charge in [-0.05, 0) is 6.07 Å². The van der Waals surface area contributed by atoms with Crippen LogP contribution in [0, 0.1) is 0 Å². The van der Waals surface area contributed by atoms with E-state index in [1.54, 1.807) is 12.1 Å². The van der Waals surface area contributed by atoms with Gasteiger partial charge in [0, 0.05) is 12.0 Å². The van der Waals surface area contributed by atoms with Gasteiger partial charge in [0.15, 0.2) is 0 Å². The summed E-state index contributed by atoms with van der Waals surface area (Å²) in [6.07, 6.45) is 0.389. The normalized spacial score (nSPS) is 10.0. The molecule has 1 rings (SSSR count).